The molecule has 0 radical (unpaired) electrons. The third kappa shape index (κ3) is 2.26. The van der Waals surface area contributed by atoms with Gasteiger partial charge in [0.25, 0.3) is 0 Å². The van der Waals surface area contributed by atoms with E-state index in [0.29, 0.717) is 37.6 Å². The topological polar surface area (TPSA) is 102 Å². The number of cyclic esters (lactones) is 1. The summed E-state index contributed by atoms with van der Waals surface area (Å²) in [5, 5.41) is 2.81. The number of rotatable bonds is 2. The molecule has 8 heteroatoms. The van der Waals surface area contributed by atoms with Crippen LogP contribution in [0.5, 0.6) is 0 Å². The third-order valence-corrected chi connectivity index (χ3v) is 4.31. The molecule has 2 aliphatic heterocycles. The molecule has 0 spiro atoms. The van der Waals surface area contributed by atoms with Crippen molar-refractivity contribution < 1.29 is 14.3 Å². The summed E-state index contributed by atoms with van der Waals surface area (Å²) >= 11 is 0. The Morgan fingerprint density at radius 1 is 1.35 bits per heavy atom. The van der Waals surface area contributed by atoms with Gasteiger partial charge in [0.2, 0.25) is 11.9 Å². The minimum absolute atomic E-state index is 0.0175. The van der Waals surface area contributed by atoms with Crippen LogP contribution in [0.25, 0.3) is 11.0 Å². The molecule has 1 aromatic carbocycles. The first-order valence-electron chi connectivity index (χ1n) is 7.62. The van der Waals surface area contributed by atoms with Crippen molar-refractivity contribution in [1.29, 1.82) is 0 Å². The SMILES string of the molecule is Nc1nc2cc(N3CCCOC3=O)ccc2n1C1CNC(=O)C1. The van der Waals surface area contributed by atoms with Crippen LogP contribution in [0.4, 0.5) is 16.4 Å². The molecule has 1 atom stereocenters. The summed E-state index contributed by atoms with van der Waals surface area (Å²) in [6, 6.07) is 5.55. The van der Waals surface area contributed by atoms with Gasteiger partial charge in [-0.15, -0.1) is 0 Å². The Kier molecular flexibility index (Phi) is 3.10. The summed E-state index contributed by atoms with van der Waals surface area (Å²) < 4.78 is 6.95. The molecule has 2 aliphatic rings. The summed E-state index contributed by atoms with van der Waals surface area (Å²) in [4.78, 5) is 29.3. The number of amides is 2. The molecule has 8 nitrogen and oxygen atoms in total. The number of anilines is 2. The van der Waals surface area contributed by atoms with Gasteiger partial charge in [0, 0.05) is 25.2 Å². The fourth-order valence-electron chi connectivity index (χ4n) is 3.22. The highest BCUT2D eigenvalue weighted by molar-refractivity contribution is 5.92. The molecule has 2 fully saturated rings. The summed E-state index contributed by atoms with van der Waals surface area (Å²) in [7, 11) is 0. The minimum atomic E-state index is -0.339. The van der Waals surface area contributed by atoms with Crippen molar-refractivity contribution in [1.82, 2.24) is 14.9 Å². The fraction of sp³-hybridized carbons (Fsp3) is 0.400. The van der Waals surface area contributed by atoms with Crippen molar-refractivity contribution in [3.8, 4) is 0 Å². The highest BCUT2D eigenvalue weighted by atomic mass is 16.6. The van der Waals surface area contributed by atoms with Crippen molar-refractivity contribution >= 4 is 34.7 Å². The summed E-state index contributed by atoms with van der Waals surface area (Å²) in [6.45, 7) is 1.64. The Balaban J connectivity index is 1.73. The van der Waals surface area contributed by atoms with Crippen LogP contribution in [-0.4, -0.2) is 41.2 Å². The van der Waals surface area contributed by atoms with Gasteiger partial charge in [-0.25, -0.2) is 9.78 Å². The highest BCUT2D eigenvalue weighted by Gasteiger charge is 2.27. The number of nitrogen functional groups attached to an aromatic ring is 1. The molecule has 2 aromatic rings. The highest BCUT2D eigenvalue weighted by Crippen LogP contribution is 2.30. The number of ether oxygens (including phenoxy) is 1. The van der Waals surface area contributed by atoms with Crippen molar-refractivity contribution in [2.24, 2.45) is 0 Å². The second kappa shape index (κ2) is 5.15. The van der Waals surface area contributed by atoms with Crippen LogP contribution in [0.1, 0.15) is 18.9 Å². The van der Waals surface area contributed by atoms with Crippen molar-refractivity contribution in [2.75, 3.05) is 30.3 Å². The molecular formula is C15H17N5O3. The summed E-state index contributed by atoms with van der Waals surface area (Å²) in [5.74, 6) is 0.392. The number of carbonyl (C=O) groups excluding carboxylic acids is 2. The van der Waals surface area contributed by atoms with E-state index in [1.807, 2.05) is 22.8 Å². The molecular weight excluding hydrogens is 298 g/mol. The quantitative estimate of drug-likeness (QED) is 0.861. The first-order valence-corrected chi connectivity index (χ1v) is 7.62. The lowest BCUT2D eigenvalue weighted by molar-refractivity contribution is -0.119. The van der Waals surface area contributed by atoms with Gasteiger partial charge in [0.15, 0.2) is 0 Å². The van der Waals surface area contributed by atoms with E-state index in [4.69, 9.17) is 10.5 Å². The number of imidazole rings is 1. The number of aromatic nitrogens is 2. The van der Waals surface area contributed by atoms with Gasteiger partial charge < -0.3 is 20.4 Å². The van der Waals surface area contributed by atoms with Gasteiger partial charge in [-0.3, -0.25) is 9.69 Å². The van der Waals surface area contributed by atoms with Crippen LogP contribution in [-0.2, 0) is 9.53 Å². The standard InChI is InChI=1S/C15H17N5O3/c16-14-18-11-6-9(19-4-1-5-23-15(19)22)2-3-12(11)20(14)10-7-13(21)17-8-10/h2-3,6,10H,1,4-5,7-8H2,(H2,16,18)(H,17,21). The Hall–Kier alpha value is -2.77. The lowest BCUT2D eigenvalue weighted by atomic mass is 10.2. The smallest absolute Gasteiger partial charge is 0.414 e. The van der Waals surface area contributed by atoms with E-state index in [0.717, 1.165) is 17.6 Å². The van der Waals surface area contributed by atoms with Crippen LogP contribution in [0, 0.1) is 0 Å². The average molecular weight is 315 g/mol. The molecule has 0 bridgehead atoms. The van der Waals surface area contributed by atoms with Crippen LogP contribution in [0.3, 0.4) is 0 Å². The van der Waals surface area contributed by atoms with E-state index in [-0.39, 0.29) is 18.0 Å². The second-order valence-corrected chi connectivity index (χ2v) is 5.79. The van der Waals surface area contributed by atoms with Gasteiger partial charge >= 0.3 is 6.09 Å². The van der Waals surface area contributed by atoms with Crippen LogP contribution >= 0.6 is 0 Å². The third-order valence-electron chi connectivity index (χ3n) is 4.31. The van der Waals surface area contributed by atoms with Gasteiger partial charge in [-0.1, -0.05) is 0 Å². The zero-order valence-electron chi connectivity index (χ0n) is 12.5. The average Bonchev–Trinajstić information content (AvgIpc) is 3.09. The molecule has 0 saturated carbocycles. The maximum atomic E-state index is 11.9. The van der Waals surface area contributed by atoms with E-state index in [1.165, 1.54) is 0 Å². The molecule has 23 heavy (non-hydrogen) atoms. The molecule has 2 amide bonds. The summed E-state index contributed by atoms with van der Waals surface area (Å²) in [6.07, 6.45) is 0.861. The number of nitrogens with zero attached hydrogens (tertiary/aromatic N) is 3. The van der Waals surface area contributed by atoms with Crippen molar-refractivity contribution in [3.05, 3.63) is 18.2 Å². The van der Waals surface area contributed by atoms with Gasteiger partial charge in [0.1, 0.15) is 0 Å². The van der Waals surface area contributed by atoms with Crippen LogP contribution in [0.2, 0.25) is 0 Å². The van der Waals surface area contributed by atoms with Gasteiger partial charge in [0.05, 0.1) is 23.7 Å². The van der Waals surface area contributed by atoms with Crippen molar-refractivity contribution in [3.63, 3.8) is 0 Å². The van der Waals surface area contributed by atoms with E-state index in [1.54, 1.807) is 4.90 Å². The van der Waals surface area contributed by atoms with Crippen LogP contribution in [0.15, 0.2) is 18.2 Å². The Bertz CT molecular complexity index is 800. The fourth-order valence-corrected chi connectivity index (χ4v) is 3.22. The maximum Gasteiger partial charge on any atom is 0.414 e. The number of hydrogen-bond donors (Lipinski definition) is 2. The maximum absolute atomic E-state index is 11.9. The Morgan fingerprint density at radius 2 is 2.22 bits per heavy atom. The molecule has 0 aliphatic carbocycles. The predicted octanol–water partition coefficient (Wildman–Crippen LogP) is 1.03. The predicted molar refractivity (Wildman–Crippen MR) is 84.1 cm³/mol. The number of benzene rings is 1. The van der Waals surface area contributed by atoms with E-state index >= 15 is 0 Å². The molecule has 3 heterocycles. The number of nitrogens with one attached hydrogen (secondary N) is 1. The Labute approximate surface area is 132 Å². The number of carbonyl (C=O) groups is 2. The first-order chi connectivity index (χ1) is 11.1. The van der Waals surface area contributed by atoms with Crippen LogP contribution < -0.4 is 16.0 Å². The number of nitrogens with two attached hydrogens (primary N) is 1. The monoisotopic (exact) mass is 315 g/mol. The van der Waals surface area contributed by atoms with Crippen molar-refractivity contribution in [2.45, 2.75) is 18.9 Å². The molecule has 4 rings (SSSR count). The number of fused-ring (bicyclic) bond motifs is 1. The lowest BCUT2D eigenvalue weighted by Gasteiger charge is -2.26. The zero-order chi connectivity index (χ0) is 16.0. The summed E-state index contributed by atoms with van der Waals surface area (Å²) in [5.41, 5.74) is 8.35. The van der Waals surface area contributed by atoms with Gasteiger partial charge in [-0.05, 0) is 24.6 Å². The largest absolute Gasteiger partial charge is 0.449 e. The zero-order valence-corrected chi connectivity index (χ0v) is 12.5. The van der Waals surface area contributed by atoms with E-state index < -0.39 is 0 Å². The molecule has 1 aromatic heterocycles. The molecule has 2 saturated heterocycles. The lowest BCUT2D eigenvalue weighted by Crippen LogP contribution is -2.37. The number of hydrogen-bond acceptors (Lipinski definition) is 5. The second-order valence-electron chi connectivity index (χ2n) is 5.79. The molecule has 3 N–H and O–H groups in total. The molecule has 120 valence electrons. The van der Waals surface area contributed by atoms with E-state index in [9.17, 15) is 9.59 Å². The molecule has 1 unspecified atom stereocenters. The first kappa shape index (κ1) is 13.9. The van der Waals surface area contributed by atoms with E-state index in [2.05, 4.69) is 10.3 Å². The van der Waals surface area contributed by atoms with Gasteiger partial charge in [-0.2, -0.15) is 0 Å². The Morgan fingerprint density at radius 3 is 2.96 bits per heavy atom. The minimum Gasteiger partial charge on any atom is -0.449 e. The normalized spacial score (nSPS) is 21.6.